The third-order valence-electron chi connectivity index (χ3n) is 13.8. The van der Waals surface area contributed by atoms with Crippen LogP contribution in [-0.4, -0.2) is 84.1 Å². The molecule has 0 aromatic rings. The quantitative estimate of drug-likeness (QED) is 0.152. The van der Waals surface area contributed by atoms with Gasteiger partial charge in [0.1, 0.15) is 12.1 Å². The van der Waals surface area contributed by atoms with E-state index in [0.717, 1.165) is 51.4 Å². The number of rotatable bonds is 14. The van der Waals surface area contributed by atoms with E-state index in [1.54, 1.807) is 20.8 Å². The van der Waals surface area contributed by atoms with Gasteiger partial charge in [0.25, 0.3) is 5.91 Å². The van der Waals surface area contributed by atoms with Crippen molar-refractivity contribution in [3.05, 3.63) is 12.7 Å². The van der Waals surface area contributed by atoms with Gasteiger partial charge in [-0.05, 0) is 75.5 Å². The van der Waals surface area contributed by atoms with Gasteiger partial charge in [0.15, 0.2) is 9.84 Å². The molecule has 1 aliphatic heterocycles. The molecule has 13 heteroatoms. The van der Waals surface area contributed by atoms with Crippen molar-refractivity contribution in [2.24, 2.45) is 39.7 Å². The first kappa shape index (κ1) is 40.2. The largest absolute Gasteiger partial charge is 0.368 e. The van der Waals surface area contributed by atoms with E-state index in [1.807, 2.05) is 20.8 Å². The van der Waals surface area contributed by atoms with Gasteiger partial charge in [0.05, 0.1) is 16.0 Å². The summed E-state index contributed by atoms with van der Waals surface area (Å²) in [4.78, 5) is 71.6. The monoisotopic (exact) mass is 745 g/mol. The lowest BCUT2D eigenvalue weighted by Crippen LogP contribution is -2.65. The molecule has 4 saturated carbocycles. The highest BCUT2D eigenvalue weighted by atomic mass is 32.2. The molecular formula is C39H63N5O7S. The van der Waals surface area contributed by atoms with Crippen molar-refractivity contribution in [1.82, 2.24) is 20.9 Å². The molecule has 4 aliphatic carbocycles. The van der Waals surface area contributed by atoms with Crippen molar-refractivity contribution in [2.75, 3.05) is 18.8 Å². The summed E-state index contributed by atoms with van der Waals surface area (Å²) in [6.45, 7) is 14.9. The zero-order valence-electron chi connectivity index (χ0n) is 32.3. The van der Waals surface area contributed by atoms with Crippen molar-refractivity contribution in [3.8, 4) is 0 Å². The first-order chi connectivity index (χ1) is 24.2. The summed E-state index contributed by atoms with van der Waals surface area (Å²) in [7, 11) is -3.59. The van der Waals surface area contributed by atoms with Crippen LogP contribution in [0, 0.1) is 34.0 Å². The van der Waals surface area contributed by atoms with Crippen LogP contribution in [0.5, 0.6) is 0 Å². The molecule has 3 unspecified atom stereocenters. The van der Waals surface area contributed by atoms with Crippen LogP contribution in [0.3, 0.4) is 0 Å². The van der Waals surface area contributed by atoms with Crippen LogP contribution in [-0.2, 0) is 29.0 Å². The maximum atomic E-state index is 15.1. The number of nitrogens with one attached hydrogen (secondary N) is 3. The number of ketones is 1. The van der Waals surface area contributed by atoms with Crippen LogP contribution < -0.4 is 21.7 Å². The molecular weight excluding hydrogens is 683 g/mol. The molecule has 0 aromatic heterocycles. The van der Waals surface area contributed by atoms with Crippen LogP contribution >= 0.6 is 0 Å². The molecule has 0 bridgehead atoms. The fraction of sp³-hybridized carbons (Fsp3) is 0.821. The number of nitrogens with two attached hydrogens (primary N) is 1. The number of Topliss-reactive ketones (excluding diaryl/α,β-unsaturated/α-hetero) is 1. The number of sulfone groups is 1. The highest BCUT2D eigenvalue weighted by molar-refractivity contribution is 7.92. The molecule has 5 atom stereocenters. The van der Waals surface area contributed by atoms with Gasteiger partial charge < -0.3 is 26.6 Å². The topological polar surface area (TPSA) is 185 Å². The van der Waals surface area contributed by atoms with E-state index in [0.29, 0.717) is 32.1 Å². The summed E-state index contributed by atoms with van der Waals surface area (Å²) >= 11 is 0. The zero-order valence-corrected chi connectivity index (χ0v) is 33.1. The Bertz CT molecular complexity index is 1550. The standard InChI is InChI=1S/C39H63N5O7S/c1-8-21-41-32(47)28(45)26(22-25-15-16-25)39-27(36(39,5)6)23-44(30(39)31(40)46)33(48)29(37(7)17-11-9-12-18-37)42-34(49)43-38(19-13-10-14-20-38)24-52(50,51)35(2,3)4/h8,25-27,29-30H,1,9-24H2,2-7H3,(H2,40,46)(H,41,47)(H2,42,43,49)/t26-,27?,29-,30?,39?/m1/s1. The number of urea groups is 1. The maximum absolute atomic E-state index is 15.1. The maximum Gasteiger partial charge on any atom is 0.315 e. The summed E-state index contributed by atoms with van der Waals surface area (Å²) in [6, 6.07) is -2.78. The number of hydrogen-bond acceptors (Lipinski definition) is 7. The van der Waals surface area contributed by atoms with Crippen molar-refractivity contribution < 1.29 is 32.4 Å². The van der Waals surface area contributed by atoms with E-state index in [2.05, 4.69) is 22.5 Å². The average molecular weight is 746 g/mol. The number of carbonyl (C=O) groups is 5. The number of hydrogen-bond donors (Lipinski definition) is 4. The Balaban J connectivity index is 1.48. The summed E-state index contributed by atoms with van der Waals surface area (Å²) in [5.41, 5.74) is 3.01. The van der Waals surface area contributed by atoms with E-state index in [1.165, 1.54) is 11.0 Å². The van der Waals surface area contributed by atoms with Crippen LogP contribution in [0.2, 0.25) is 0 Å². The lowest BCUT2D eigenvalue weighted by atomic mass is 9.69. The van der Waals surface area contributed by atoms with Gasteiger partial charge in [-0.25, -0.2) is 13.2 Å². The van der Waals surface area contributed by atoms with E-state index < -0.39 is 83.9 Å². The second-order valence-corrected chi connectivity index (χ2v) is 21.3. The second-order valence-electron chi connectivity index (χ2n) is 18.6. The molecule has 1 saturated heterocycles. The Morgan fingerprint density at radius 1 is 0.942 bits per heavy atom. The van der Waals surface area contributed by atoms with Crippen molar-refractivity contribution in [3.63, 3.8) is 0 Å². The first-order valence-corrected chi connectivity index (χ1v) is 21.2. The highest BCUT2D eigenvalue weighted by Gasteiger charge is 2.84. The number of carbonyl (C=O) groups excluding carboxylic acids is 5. The molecule has 0 spiro atoms. The van der Waals surface area contributed by atoms with Gasteiger partial charge in [-0.3, -0.25) is 19.2 Å². The molecule has 5 N–H and O–H groups in total. The molecule has 5 rings (SSSR count). The molecule has 1 heterocycles. The molecule has 12 nitrogen and oxygen atoms in total. The Morgan fingerprint density at radius 3 is 2.04 bits per heavy atom. The Labute approximate surface area is 310 Å². The van der Waals surface area contributed by atoms with Crippen LogP contribution in [0.4, 0.5) is 4.79 Å². The number of fused-ring (bicyclic) bond motifs is 1. The zero-order chi connectivity index (χ0) is 38.5. The van der Waals surface area contributed by atoms with E-state index in [-0.39, 0.29) is 30.7 Å². The third-order valence-corrected chi connectivity index (χ3v) is 16.6. The van der Waals surface area contributed by atoms with Crippen molar-refractivity contribution in [2.45, 2.75) is 147 Å². The highest BCUT2D eigenvalue weighted by Crippen LogP contribution is 2.79. The number of amides is 5. The first-order valence-electron chi connectivity index (χ1n) is 19.5. The minimum atomic E-state index is -3.59. The number of nitrogens with zero attached hydrogens (tertiary/aromatic N) is 1. The number of piperidine rings is 1. The third kappa shape index (κ3) is 7.28. The predicted octanol–water partition coefficient (Wildman–Crippen LogP) is 4.17. The van der Waals surface area contributed by atoms with Gasteiger partial charge in [-0.1, -0.05) is 78.2 Å². The smallest absolute Gasteiger partial charge is 0.315 e. The van der Waals surface area contributed by atoms with Crippen molar-refractivity contribution in [1.29, 1.82) is 0 Å². The fourth-order valence-corrected chi connectivity index (χ4v) is 11.9. The lowest BCUT2D eigenvalue weighted by Gasteiger charge is -2.45. The summed E-state index contributed by atoms with van der Waals surface area (Å²) in [5.74, 6) is -3.50. The molecule has 5 amide bonds. The molecule has 0 radical (unpaired) electrons. The Hall–Kier alpha value is -2.96. The minimum absolute atomic E-state index is 0.127. The van der Waals surface area contributed by atoms with E-state index in [4.69, 9.17) is 5.73 Å². The summed E-state index contributed by atoms with van der Waals surface area (Å²) in [6.07, 6.45) is 11.4. The number of primary amides is 1. The Kier molecular flexibility index (Phi) is 11.1. The average Bonchev–Trinajstić information content (AvgIpc) is 3.91. The Morgan fingerprint density at radius 2 is 1.52 bits per heavy atom. The van der Waals surface area contributed by atoms with E-state index in [9.17, 15) is 27.6 Å². The molecule has 5 aliphatic rings. The normalized spacial score (nSPS) is 28.8. The van der Waals surface area contributed by atoms with Crippen LogP contribution in [0.15, 0.2) is 12.7 Å². The van der Waals surface area contributed by atoms with Gasteiger partial charge in [0, 0.05) is 24.4 Å². The van der Waals surface area contributed by atoms with Gasteiger partial charge in [-0.15, -0.1) is 6.58 Å². The number of likely N-dealkylation sites (tertiary alicyclic amines) is 1. The fourth-order valence-electron chi connectivity index (χ4n) is 10.4. The van der Waals surface area contributed by atoms with Crippen molar-refractivity contribution >= 4 is 39.4 Å². The van der Waals surface area contributed by atoms with E-state index >= 15 is 4.79 Å². The van der Waals surface area contributed by atoms with Crippen LogP contribution in [0.1, 0.15) is 125 Å². The lowest BCUT2D eigenvalue weighted by molar-refractivity contribution is -0.149. The summed E-state index contributed by atoms with van der Waals surface area (Å²) in [5, 5.41) is 8.72. The van der Waals surface area contributed by atoms with Gasteiger partial charge >= 0.3 is 6.03 Å². The minimum Gasteiger partial charge on any atom is -0.368 e. The molecule has 292 valence electrons. The molecule has 5 fully saturated rings. The SMILES string of the molecule is C=CCNC(=O)C(=O)[C@@H](CC1CC1)C12C(C(N)=O)N(C(=O)[C@@H](NC(=O)NC3(CS(=O)(=O)C(C)(C)C)CCCCC3)C3(C)CCCCC3)CC1C2(C)C. The second kappa shape index (κ2) is 14.4. The molecule has 0 aromatic carbocycles. The van der Waals surface area contributed by atoms with Crippen LogP contribution in [0.25, 0.3) is 0 Å². The predicted molar refractivity (Wildman–Crippen MR) is 199 cm³/mol. The van der Waals surface area contributed by atoms with Gasteiger partial charge in [-0.2, -0.15) is 0 Å². The van der Waals surface area contributed by atoms with Gasteiger partial charge in [0.2, 0.25) is 17.6 Å². The summed E-state index contributed by atoms with van der Waals surface area (Å²) < 4.78 is 25.9. The molecule has 52 heavy (non-hydrogen) atoms.